The molecule has 1 aromatic heterocycles. The molecule has 0 atom stereocenters. The average Bonchev–Trinajstić information content (AvgIpc) is 2.73. The molecule has 29 heavy (non-hydrogen) atoms. The van der Waals surface area contributed by atoms with Crippen LogP contribution in [0.25, 0.3) is 33.5 Å². The maximum absolute atomic E-state index is 12.3. The summed E-state index contributed by atoms with van der Waals surface area (Å²) in [5, 5.41) is 0. The fourth-order valence-corrected chi connectivity index (χ4v) is 4.05. The van der Waals surface area contributed by atoms with E-state index in [1.54, 1.807) is 6.07 Å². The maximum atomic E-state index is 12.3. The summed E-state index contributed by atoms with van der Waals surface area (Å²) in [5.74, 6) is -0.652. The largest absolute Gasteiger partial charge is 0.274 e. The monoisotopic (exact) mass is 403 g/mol. The number of amides is 1. The zero-order valence-electron chi connectivity index (χ0n) is 15.5. The van der Waals surface area contributed by atoms with Gasteiger partial charge in [-0.3, -0.25) is 4.79 Å². The molecule has 1 heterocycles. The fraction of sp³-hybridized carbons (Fsp3) is 0.0455. The maximum Gasteiger partial charge on any atom is 0.264 e. The van der Waals surface area contributed by atoms with Crippen molar-refractivity contribution in [1.29, 1.82) is 0 Å². The molecule has 0 aliphatic rings. The standard InChI is InChI=1S/C22H17N3O3S/c1-15(26)25-29(27,28)18-12-13-19-20(14-18)24-22(17-10-6-3-7-11-17)21(23-19)16-8-4-2-5-9-16/h2-14H,1H3,(H,25,26). The van der Waals surface area contributed by atoms with E-state index in [4.69, 9.17) is 9.97 Å². The zero-order valence-corrected chi connectivity index (χ0v) is 16.3. The van der Waals surface area contributed by atoms with Gasteiger partial charge in [-0.05, 0) is 18.2 Å². The normalized spacial score (nSPS) is 11.3. The van der Waals surface area contributed by atoms with E-state index >= 15 is 0 Å². The van der Waals surface area contributed by atoms with Gasteiger partial charge >= 0.3 is 0 Å². The molecule has 4 aromatic rings. The Labute approximate surface area is 168 Å². The third-order valence-electron chi connectivity index (χ3n) is 4.32. The van der Waals surface area contributed by atoms with Crippen LogP contribution in [-0.4, -0.2) is 24.3 Å². The quantitative estimate of drug-likeness (QED) is 0.560. The van der Waals surface area contributed by atoms with Crippen LogP contribution in [0, 0.1) is 0 Å². The van der Waals surface area contributed by atoms with Crippen molar-refractivity contribution in [3.05, 3.63) is 78.9 Å². The lowest BCUT2D eigenvalue weighted by Gasteiger charge is -2.11. The summed E-state index contributed by atoms with van der Waals surface area (Å²) in [7, 11) is -3.96. The molecular formula is C22H17N3O3S. The van der Waals surface area contributed by atoms with Crippen LogP contribution in [0.3, 0.4) is 0 Å². The molecule has 4 rings (SSSR count). The van der Waals surface area contributed by atoms with Crippen LogP contribution in [0.5, 0.6) is 0 Å². The lowest BCUT2D eigenvalue weighted by molar-refractivity contribution is -0.117. The molecule has 0 unspecified atom stereocenters. The molecule has 0 radical (unpaired) electrons. The molecule has 6 nitrogen and oxygen atoms in total. The van der Waals surface area contributed by atoms with Crippen molar-refractivity contribution in [2.24, 2.45) is 0 Å². The second kappa shape index (κ2) is 7.44. The number of sulfonamides is 1. The SMILES string of the molecule is CC(=O)NS(=O)(=O)c1ccc2nc(-c3ccccc3)c(-c3ccccc3)nc2c1. The topological polar surface area (TPSA) is 89.0 Å². The first-order chi connectivity index (χ1) is 13.9. The number of rotatable bonds is 4. The summed E-state index contributed by atoms with van der Waals surface area (Å²) in [6.45, 7) is 1.15. The second-order valence-corrected chi connectivity index (χ2v) is 8.15. The highest BCUT2D eigenvalue weighted by Crippen LogP contribution is 2.31. The smallest absolute Gasteiger partial charge is 0.264 e. The predicted octanol–water partition coefficient (Wildman–Crippen LogP) is 3.79. The third-order valence-corrected chi connectivity index (χ3v) is 5.75. The van der Waals surface area contributed by atoms with E-state index in [1.165, 1.54) is 12.1 Å². The summed E-state index contributed by atoms with van der Waals surface area (Å²) < 4.78 is 26.7. The van der Waals surface area contributed by atoms with E-state index < -0.39 is 15.9 Å². The number of nitrogens with one attached hydrogen (secondary N) is 1. The van der Waals surface area contributed by atoms with E-state index in [9.17, 15) is 13.2 Å². The Morgan fingerprint density at radius 1 is 0.759 bits per heavy atom. The van der Waals surface area contributed by atoms with Gasteiger partial charge in [0.25, 0.3) is 10.0 Å². The molecule has 0 fully saturated rings. The van der Waals surface area contributed by atoms with Crippen molar-refractivity contribution in [3.63, 3.8) is 0 Å². The van der Waals surface area contributed by atoms with Gasteiger partial charge in [0.05, 0.1) is 27.3 Å². The number of carbonyl (C=O) groups is 1. The van der Waals surface area contributed by atoms with Crippen molar-refractivity contribution in [3.8, 4) is 22.5 Å². The van der Waals surface area contributed by atoms with Gasteiger partial charge in [-0.1, -0.05) is 60.7 Å². The Morgan fingerprint density at radius 2 is 1.28 bits per heavy atom. The van der Waals surface area contributed by atoms with E-state index in [-0.39, 0.29) is 4.90 Å². The van der Waals surface area contributed by atoms with Gasteiger partial charge in [0, 0.05) is 18.1 Å². The molecule has 3 aromatic carbocycles. The van der Waals surface area contributed by atoms with E-state index in [0.29, 0.717) is 22.4 Å². The van der Waals surface area contributed by atoms with Crippen molar-refractivity contribution in [2.75, 3.05) is 0 Å². The first-order valence-corrected chi connectivity index (χ1v) is 10.4. The van der Waals surface area contributed by atoms with Gasteiger partial charge in [0.15, 0.2) is 0 Å². The highest BCUT2D eigenvalue weighted by molar-refractivity contribution is 7.90. The van der Waals surface area contributed by atoms with Crippen molar-refractivity contribution < 1.29 is 13.2 Å². The number of hydrogen-bond acceptors (Lipinski definition) is 5. The van der Waals surface area contributed by atoms with Gasteiger partial charge < -0.3 is 0 Å². The Hall–Kier alpha value is -3.58. The van der Waals surface area contributed by atoms with Crippen LogP contribution in [0.4, 0.5) is 0 Å². The Morgan fingerprint density at radius 3 is 1.79 bits per heavy atom. The number of nitrogens with zero attached hydrogens (tertiary/aromatic N) is 2. The number of fused-ring (bicyclic) bond motifs is 1. The van der Waals surface area contributed by atoms with Crippen LogP contribution >= 0.6 is 0 Å². The molecule has 0 saturated carbocycles. The summed E-state index contributed by atoms with van der Waals surface area (Å²) in [4.78, 5) is 20.7. The van der Waals surface area contributed by atoms with Gasteiger partial charge in [-0.2, -0.15) is 0 Å². The van der Waals surface area contributed by atoms with Crippen molar-refractivity contribution >= 4 is 27.0 Å². The van der Waals surface area contributed by atoms with Gasteiger partial charge in [0.1, 0.15) is 0 Å². The summed E-state index contributed by atoms with van der Waals surface area (Å²) in [6, 6.07) is 23.7. The van der Waals surface area contributed by atoms with Crippen LogP contribution in [0.15, 0.2) is 83.8 Å². The lowest BCUT2D eigenvalue weighted by atomic mass is 10.0. The fourth-order valence-electron chi connectivity index (χ4n) is 3.04. The van der Waals surface area contributed by atoms with Crippen LogP contribution < -0.4 is 4.72 Å². The third kappa shape index (κ3) is 3.86. The molecular weight excluding hydrogens is 386 g/mol. The van der Waals surface area contributed by atoms with Crippen molar-refractivity contribution in [1.82, 2.24) is 14.7 Å². The minimum absolute atomic E-state index is 0.0408. The molecule has 1 N–H and O–H groups in total. The predicted molar refractivity (Wildman–Crippen MR) is 111 cm³/mol. The molecule has 144 valence electrons. The van der Waals surface area contributed by atoms with E-state index in [0.717, 1.165) is 18.1 Å². The van der Waals surface area contributed by atoms with E-state index in [2.05, 4.69) is 0 Å². The Kier molecular flexibility index (Phi) is 4.82. The summed E-state index contributed by atoms with van der Waals surface area (Å²) in [5.41, 5.74) is 4.13. The lowest BCUT2D eigenvalue weighted by Crippen LogP contribution is -2.28. The first kappa shape index (κ1) is 18.8. The summed E-state index contributed by atoms with van der Waals surface area (Å²) >= 11 is 0. The number of aromatic nitrogens is 2. The minimum atomic E-state index is -3.96. The van der Waals surface area contributed by atoms with E-state index in [1.807, 2.05) is 65.4 Å². The molecule has 0 bridgehead atoms. The summed E-state index contributed by atoms with van der Waals surface area (Å²) in [6.07, 6.45) is 0. The van der Waals surface area contributed by atoms with Gasteiger partial charge in [-0.25, -0.2) is 23.1 Å². The second-order valence-electron chi connectivity index (χ2n) is 6.47. The van der Waals surface area contributed by atoms with Crippen LogP contribution in [-0.2, 0) is 14.8 Å². The number of benzene rings is 3. The average molecular weight is 403 g/mol. The van der Waals surface area contributed by atoms with Crippen LogP contribution in [0.1, 0.15) is 6.92 Å². The zero-order chi connectivity index (χ0) is 20.4. The van der Waals surface area contributed by atoms with Crippen LogP contribution in [0.2, 0.25) is 0 Å². The Balaban J connectivity index is 1.95. The molecule has 1 amide bonds. The molecule has 7 heteroatoms. The minimum Gasteiger partial charge on any atom is -0.274 e. The first-order valence-electron chi connectivity index (χ1n) is 8.90. The highest BCUT2D eigenvalue weighted by atomic mass is 32.2. The molecule has 0 saturated heterocycles. The van der Waals surface area contributed by atoms with Gasteiger partial charge in [0.2, 0.25) is 5.91 Å². The molecule has 0 aliphatic heterocycles. The number of carbonyl (C=O) groups excluding carboxylic acids is 1. The molecule has 0 spiro atoms. The Bertz CT molecular complexity index is 1310. The number of hydrogen-bond donors (Lipinski definition) is 1. The van der Waals surface area contributed by atoms with Crippen molar-refractivity contribution in [2.45, 2.75) is 11.8 Å². The highest BCUT2D eigenvalue weighted by Gasteiger charge is 2.18. The molecule has 0 aliphatic carbocycles. The van der Waals surface area contributed by atoms with Gasteiger partial charge in [-0.15, -0.1) is 0 Å².